The molecule has 0 amide bonds. The first-order chi connectivity index (χ1) is 24.4. The largest absolute Gasteiger partial charge is 0.396 e. The van der Waals surface area contributed by atoms with E-state index in [1.54, 1.807) is 18.2 Å². The Hall–Kier alpha value is -4.46. The molecule has 262 valence electrons. The zero-order valence-corrected chi connectivity index (χ0v) is 28.7. The molecule has 6 heteroatoms. The Bertz CT molecular complexity index is 1650. The average Bonchev–Trinajstić information content (AvgIpc) is 3.16. The van der Waals surface area contributed by atoms with Crippen molar-refractivity contribution >= 4 is 0 Å². The fraction of sp³-hybridized carbons (Fsp3) is 0.273. The van der Waals surface area contributed by atoms with Gasteiger partial charge in [-0.25, -0.2) is 8.78 Å². The molecule has 4 aromatic carbocycles. The third-order valence-electron chi connectivity index (χ3n) is 8.70. The van der Waals surface area contributed by atoms with Crippen molar-refractivity contribution in [3.05, 3.63) is 192 Å². The monoisotopic (exact) mass is 678 g/mol. The lowest BCUT2D eigenvalue weighted by atomic mass is 9.97. The van der Waals surface area contributed by atoms with Crippen LogP contribution in [0.25, 0.3) is 0 Å². The molecular weight excluding hydrogens is 630 g/mol. The number of hydrogen-bond donors (Lipinski definition) is 1. The normalized spacial score (nSPS) is 18.3. The number of rotatable bonds is 7. The fourth-order valence-electron chi connectivity index (χ4n) is 6.18. The highest BCUT2D eigenvalue weighted by Crippen LogP contribution is 2.29. The van der Waals surface area contributed by atoms with E-state index in [4.69, 9.17) is 19.3 Å². The molecule has 2 unspecified atom stereocenters. The maximum Gasteiger partial charge on any atom is 0.123 e. The van der Waals surface area contributed by atoms with Crippen LogP contribution in [0.3, 0.4) is 0 Å². The molecule has 0 aromatic heterocycles. The van der Waals surface area contributed by atoms with Gasteiger partial charge in [0, 0.05) is 6.61 Å². The predicted octanol–water partition coefficient (Wildman–Crippen LogP) is 9.69. The van der Waals surface area contributed by atoms with Crippen LogP contribution in [0.2, 0.25) is 0 Å². The minimum atomic E-state index is -0.237. The summed E-state index contributed by atoms with van der Waals surface area (Å²) in [6.45, 7) is 17.2. The summed E-state index contributed by atoms with van der Waals surface area (Å²) in [4.78, 5) is 0. The second-order valence-electron chi connectivity index (χ2n) is 12.0. The topological polar surface area (TPSA) is 47.9 Å². The highest BCUT2D eigenvalue weighted by atomic mass is 19.1. The van der Waals surface area contributed by atoms with Crippen molar-refractivity contribution in [2.45, 2.75) is 50.4 Å². The van der Waals surface area contributed by atoms with E-state index in [0.29, 0.717) is 19.4 Å². The first-order valence-corrected chi connectivity index (χ1v) is 17.1. The summed E-state index contributed by atoms with van der Waals surface area (Å²) < 4.78 is 42.2. The molecule has 0 saturated carbocycles. The van der Waals surface area contributed by atoms with Crippen molar-refractivity contribution in [2.24, 2.45) is 0 Å². The van der Waals surface area contributed by atoms with Crippen LogP contribution < -0.4 is 0 Å². The van der Waals surface area contributed by atoms with Gasteiger partial charge in [-0.3, -0.25) is 0 Å². The van der Waals surface area contributed by atoms with Crippen LogP contribution in [0, 0.1) is 11.6 Å². The van der Waals surface area contributed by atoms with E-state index >= 15 is 0 Å². The molecule has 7 rings (SSSR count). The van der Waals surface area contributed by atoms with E-state index in [1.807, 2.05) is 30.4 Å². The number of ether oxygens (including phenoxy) is 3. The van der Waals surface area contributed by atoms with Gasteiger partial charge >= 0.3 is 0 Å². The van der Waals surface area contributed by atoms with E-state index in [0.717, 1.165) is 54.7 Å². The van der Waals surface area contributed by atoms with Crippen molar-refractivity contribution in [3.8, 4) is 0 Å². The molecule has 3 atom stereocenters. The van der Waals surface area contributed by atoms with E-state index in [1.165, 1.54) is 46.5 Å². The summed E-state index contributed by atoms with van der Waals surface area (Å²) in [5, 5.41) is 8.76. The van der Waals surface area contributed by atoms with Crippen LogP contribution in [0.5, 0.6) is 0 Å². The lowest BCUT2D eigenvalue weighted by Gasteiger charge is -2.23. The van der Waals surface area contributed by atoms with E-state index < -0.39 is 0 Å². The van der Waals surface area contributed by atoms with Crippen molar-refractivity contribution < 1.29 is 28.1 Å². The molecular formula is C44H48F2O4. The Morgan fingerprint density at radius 1 is 0.580 bits per heavy atom. The van der Waals surface area contributed by atoms with Gasteiger partial charge in [-0.05, 0) is 101 Å². The van der Waals surface area contributed by atoms with Gasteiger partial charge in [-0.2, -0.15) is 0 Å². The van der Waals surface area contributed by atoms with E-state index in [9.17, 15) is 8.78 Å². The van der Waals surface area contributed by atoms with Gasteiger partial charge in [0.15, 0.2) is 0 Å². The van der Waals surface area contributed by atoms with Crippen LogP contribution >= 0.6 is 0 Å². The highest BCUT2D eigenvalue weighted by molar-refractivity contribution is 5.35. The minimum Gasteiger partial charge on any atom is -0.396 e. The molecule has 4 aromatic rings. The quantitative estimate of drug-likeness (QED) is 0.198. The highest BCUT2D eigenvalue weighted by Gasteiger charge is 2.19. The maximum atomic E-state index is 12.9. The molecule has 4 nitrogen and oxygen atoms in total. The summed E-state index contributed by atoms with van der Waals surface area (Å²) in [5.74, 6) is -0.449. The molecule has 3 heterocycles. The molecule has 50 heavy (non-hydrogen) atoms. The van der Waals surface area contributed by atoms with Crippen LogP contribution in [-0.4, -0.2) is 31.5 Å². The van der Waals surface area contributed by atoms with Crippen molar-refractivity contribution in [2.75, 3.05) is 26.4 Å². The molecule has 3 aliphatic heterocycles. The van der Waals surface area contributed by atoms with Crippen LogP contribution in [-0.2, 0) is 46.3 Å². The molecule has 0 spiro atoms. The first kappa shape index (κ1) is 38.3. The Balaban J connectivity index is 0.000000150. The Morgan fingerprint density at radius 2 is 1.04 bits per heavy atom. The number of benzene rings is 4. The van der Waals surface area contributed by atoms with Gasteiger partial charge < -0.3 is 19.3 Å². The lowest BCUT2D eigenvalue weighted by Crippen LogP contribution is -2.14. The van der Waals surface area contributed by atoms with Gasteiger partial charge in [0.2, 0.25) is 0 Å². The smallest absolute Gasteiger partial charge is 0.123 e. The van der Waals surface area contributed by atoms with Crippen molar-refractivity contribution in [1.82, 2.24) is 0 Å². The second kappa shape index (κ2) is 20.3. The Labute approximate surface area is 296 Å². The number of aliphatic hydroxyl groups is 1. The molecule has 3 aliphatic rings. The third-order valence-corrected chi connectivity index (χ3v) is 8.70. The standard InChI is InChI=1S/C11H11FO.C11H13FO.2C11H12O/c1-2-11-10-7-9(12)4-3-8(10)5-6-13-11;1-2-3-10-8-11(12)5-4-9(10)6-7-13;2*1-2-11-10-6-4-3-5-9(10)7-8-12-11/h2-4,7,11H,1,5-6H2;2,4-5,8,13H,1,3,6-7H2;2*2-6,11H,1,7-8H2/t11-;;;/m0.../s1. The van der Waals surface area contributed by atoms with Crippen LogP contribution in [0.15, 0.2) is 136 Å². The van der Waals surface area contributed by atoms with Crippen molar-refractivity contribution in [3.63, 3.8) is 0 Å². The zero-order valence-electron chi connectivity index (χ0n) is 28.7. The van der Waals surface area contributed by atoms with Crippen LogP contribution in [0.4, 0.5) is 8.78 Å². The summed E-state index contributed by atoms with van der Waals surface area (Å²) in [6, 6.07) is 26.2. The Morgan fingerprint density at radius 3 is 1.54 bits per heavy atom. The second-order valence-corrected chi connectivity index (χ2v) is 12.0. The summed E-state index contributed by atoms with van der Waals surface area (Å²) >= 11 is 0. The summed E-state index contributed by atoms with van der Waals surface area (Å²) in [6.07, 6.45) is 11.4. The number of aliphatic hydroxyl groups excluding tert-OH is 1. The Kier molecular flexibility index (Phi) is 15.5. The summed E-state index contributed by atoms with van der Waals surface area (Å²) in [7, 11) is 0. The van der Waals surface area contributed by atoms with Gasteiger partial charge in [0.1, 0.15) is 29.9 Å². The number of fused-ring (bicyclic) bond motifs is 3. The van der Waals surface area contributed by atoms with Gasteiger partial charge in [0.25, 0.3) is 0 Å². The first-order valence-electron chi connectivity index (χ1n) is 17.1. The number of hydrogen-bond acceptors (Lipinski definition) is 4. The summed E-state index contributed by atoms with van der Waals surface area (Å²) in [5.41, 5.74) is 9.33. The maximum absolute atomic E-state index is 12.9. The van der Waals surface area contributed by atoms with Gasteiger partial charge in [-0.1, -0.05) is 85.0 Å². The average molecular weight is 679 g/mol. The molecule has 0 saturated heterocycles. The van der Waals surface area contributed by atoms with Gasteiger partial charge in [-0.15, -0.1) is 26.3 Å². The van der Waals surface area contributed by atoms with Crippen molar-refractivity contribution in [1.29, 1.82) is 0 Å². The minimum absolute atomic E-state index is 0.0930. The SMILES string of the molecule is C=CC1OCCc2ccccc21.C=CC1OCCc2ccccc21.C=CCc1cc(F)ccc1CCO.C=C[C@@H]1OCCc2ccc(F)cc21. The molecule has 0 fully saturated rings. The predicted molar refractivity (Wildman–Crippen MR) is 198 cm³/mol. The third kappa shape index (κ3) is 10.8. The number of allylic oxidation sites excluding steroid dienone is 1. The molecule has 0 aliphatic carbocycles. The van der Waals surface area contributed by atoms with E-state index in [-0.39, 0.29) is 36.6 Å². The molecule has 0 bridgehead atoms. The van der Waals surface area contributed by atoms with Crippen LogP contribution in [0.1, 0.15) is 62.8 Å². The zero-order chi connectivity index (χ0) is 35.7. The van der Waals surface area contributed by atoms with Gasteiger partial charge in [0.05, 0.1) is 19.8 Å². The van der Waals surface area contributed by atoms with E-state index in [2.05, 4.69) is 62.7 Å². The number of halogens is 2. The molecule has 1 N–H and O–H groups in total. The fourth-order valence-corrected chi connectivity index (χ4v) is 6.18. The lowest BCUT2D eigenvalue weighted by molar-refractivity contribution is 0.0749. The molecule has 0 radical (unpaired) electrons.